The number of anilines is 1. The maximum Gasteiger partial charge on any atom is 0.322 e. The van der Waals surface area contributed by atoms with Gasteiger partial charge in [-0.25, -0.2) is 0 Å². The van der Waals surface area contributed by atoms with Crippen molar-refractivity contribution in [2.75, 3.05) is 18.5 Å². The summed E-state index contributed by atoms with van der Waals surface area (Å²) in [6, 6.07) is 6.09. The van der Waals surface area contributed by atoms with Gasteiger partial charge in [-0.05, 0) is 37.6 Å². The van der Waals surface area contributed by atoms with E-state index in [0.29, 0.717) is 5.95 Å². The highest BCUT2D eigenvalue weighted by molar-refractivity contribution is 6.28. The van der Waals surface area contributed by atoms with Crippen molar-refractivity contribution < 1.29 is 4.74 Å². The molecule has 0 aliphatic heterocycles. The molecular weight excluding hydrogens is 290 g/mol. The predicted molar refractivity (Wildman–Crippen MR) is 81.8 cm³/mol. The Labute approximate surface area is 129 Å². The highest BCUT2D eigenvalue weighted by Crippen LogP contribution is 2.15. The van der Waals surface area contributed by atoms with Crippen molar-refractivity contribution in [3.8, 4) is 6.01 Å². The first kappa shape index (κ1) is 15.4. The van der Waals surface area contributed by atoms with Crippen LogP contribution in [0.4, 0.5) is 5.95 Å². The molecular formula is C14H18ClN5O. The Morgan fingerprint density at radius 3 is 2.71 bits per heavy atom. The summed E-state index contributed by atoms with van der Waals surface area (Å²) in [7, 11) is 1.90. The lowest BCUT2D eigenvalue weighted by molar-refractivity contribution is 0.221. The minimum Gasteiger partial charge on any atom is -0.461 e. The van der Waals surface area contributed by atoms with E-state index in [9.17, 15) is 0 Å². The minimum absolute atomic E-state index is 0.0184. The summed E-state index contributed by atoms with van der Waals surface area (Å²) in [5, 5.41) is 0.125. The largest absolute Gasteiger partial charge is 0.461 e. The Bertz CT molecular complexity index is 579. The van der Waals surface area contributed by atoms with E-state index < -0.39 is 0 Å². The van der Waals surface area contributed by atoms with Crippen molar-refractivity contribution in [1.29, 1.82) is 0 Å². The lowest BCUT2D eigenvalue weighted by Gasteiger charge is -2.17. The van der Waals surface area contributed by atoms with Crippen molar-refractivity contribution in [2.24, 2.45) is 0 Å². The van der Waals surface area contributed by atoms with Crippen LogP contribution < -0.4 is 9.64 Å². The molecule has 21 heavy (non-hydrogen) atoms. The lowest BCUT2D eigenvalue weighted by Crippen LogP contribution is -2.23. The highest BCUT2D eigenvalue weighted by atomic mass is 35.5. The molecule has 2 rings (SSSR count). The number of nitrogens with zero attached hydrogens (tertiary/aromatic N) is 5. The van der Waals surface area contributed by atoms with E-state index >= 15 is 0 Å². The second kappa shape index (κ2) is 7.17. The predicted octanol–water partition coefficient (Wildman–Crippen LogP) is 2.39. The molecule has 0 aliphatic rings. The fourth-order valence-electron chi connectivity index (χ4n) is 1.68. The second-order valence-electron chi connectivity index (χ2n) is 4.85. The zero-order valence-electron chi connectivity index (χ0n) is 12.3. The minimum atomic E-state index is -0.0184. The molecule has 0 radical (unpaired) electrons. The van der Waals surface area contributed by atoms with Gasteiger partial charge in [0.15, 0.2) is 0 Å². The van der Waals surface area contributed by atoms with Gasteiger partial charge in [-0.15, -0.1) is 0 Å². The number of halogens is 1. The third-order valence-corrected chi connectivity index (χ3v) is 2.86. The first-order valence-electron chi connectivity index (χ1n) is 6.74. The normalized spacial score (nSPS) is 10.7. The molecule has 0 aromatic carbocycles. The summed E-state index contributed by atoms with van der Waals surface area (Å²) in [6.07, 6.45) is 2.56. The third kappa shape index (κ3) is 4.82. The second-order valence-corrected chi connectivity index (χ2v) is 5.18. The third-order valence-electron chi connectivity index (χ3n) is 2.69. The van der Waals surface area contributed by atoms with Crippen LogP contribution in [0.5, 0.6) is 6.01 Å². The van der Waals surface area contributed by atoms with Gasteiger partial charge in [0.2, 0.25) is 11.2 Å². The van der Waals surface area contributed by atoms with Gasteiger partial charge >= 0.3 is 6.01 Å². The molecule has 2 aromatic heterocycles. The Balaban J connectivity index is 2.04. The van der Waals surface area contributed by atoms with Gasteiger partial charge in [0.25, 0.3) is 0 Å². The van der Waals surface area contributed by atoms with Crippen LogP contribution in [0.3, 0.4) is 0 Å². The van der Waals surface area contributed by atoms with Crippen LogP contribution in [0.15, 0.2) is 24.4 Å². The standard InChI is InChI=1S/C14H18ClN5O/c1-10(2)21-14-18-12(15)17-13(19-14)20(3)9-7-11-6-4-5-8-16-11/h4-6,8,10H,7,9H2,1-3H3. The summed E-state index contributed by atoms with van der Waals surface area (Å²) in [6.45, 7) is 4.53. The van der Waals surface area contributed by atoms with Crippen molar-refractivity contribution in [3.05, 3.63) is 35.4 Å². The average molecular weight is 308 g/mol. The molecule has 0 saturated carbocycles. The van der Waals surface area contributed by atoms with E-state index in [4.69, 9.17) is 16.3 Å². The Morgan fingerprint density at radius 2 is 2.05 bits per heavy atom. The molecule has 0 aliphatic carbocycles. The van der Waals surface area contributed by atoms with Gasteiger partial charge in [-0.1, -0.05) is 6.07 Å². The van der Waals surface area contributed by atoms with Crippen LogP contribution >= 0.6 is 11.6 Å². The maximum atomic E-state index is 5.91. The Kier molecular flexibility index (Phi) is 5.27. The number of aromatic nitrogens is 4. The number of rotatable bonds is 6. The topological polar surface area (TPSA) is 64.0 Å². The molecule has 6 nitrogen and oxygen atoms in total. The number of pyridine rings is 1. The molecule has 0 amide bonds. The Hall–Kier alpha value is -1.95. The number of hydrogen-bond donors (Lipinski definition) is 0. The van der Waals surface area contributed by atoms with Crippen LogP contribution in [-0.4, -0.2) is 39.6 Å². The van der Waals surface area contributed by atoms with Crippen molar-refractivity contribution in [3.63, 3.8) is 0 Å². The highest BCUT2D eigenvalue weighted by Gasteiger charge is 2.11. The zero-order valence-corrected chi connectivity index (χ0v) is 13.1. The summed E-state index contributed by atoms with van der Waals surface area (Å²) >= 11 is 5.91. The van der Waals surface area contributed by atoms with E-state index in [0.717, 1.165) is 18.7 Å². The Morgan fingerprint density at radius 1 is 1.24 bits per heavy atom. The van der Waals surface area contributed by atoms with E-state index in [-0.39, 0.29) is 17.4 Å². The molecule has 0 saturated heterocycles. The molecule has 2 aromatic rings. The van der Waals surface area contributed by atoms with E-state index in [2.05, 4.69) is 19.9 Å². The maximum absolute atomic E-state index is 5.91. The van der Waals surface area contributed by atoms with Crippen LogP contribution in [-0.2, 0) is 6.42 Å². The molecule has 0 atom stereocenters. The molecule has 0 spiro atoms. The first-order valence-corrected chi connectivity index (χ1v) is 7.11. The summed E-state index contributed by atoms with van der Waals surface area (Å²) in [5.74, 6) is 0.488. The number of hydrogen-bond acceptors (Lipinski definition) is 6. The van der Waals surface area contributed by atoms with E-state index in [1.807, 2.05) is 44.0 Å². The molecule has 0 unspecified atom stereocenters. The van der Waals surface area contributed by atoms with Gasteiger partial charge in [0.05, 0.1) is 6.10 Å². The quantitative estimate of drug-likeness (QED) is 0.816. The van der Waals surface area contributed by atoms with Crippen LogP contribution in [0.2, 0.25) is 5.28 Å². The molecule has 0 fully saturated rings. The molecule has 0 N–H and O–H groups in total. The van der Waals surface area contributed by atoms with Crippen molar-refractivity contribution >= 4 is 17.5 Å². The SMILES string of the molecule is CC(C)Oc1nc(Cl)nc(N(C)CCc2ccccn2)n1. The fourth-order valence-corrected chi connectivity index (χ4v) is 1.83. The lowest BCUT2D eigenvalue weighted by atomic mass is 10.2. The van der Waals surface area contributed by atoms with E-state index in [1.54, 1.807) is 6.20 Å². The molecule has 7 heteroatoms. The summed E-state index contributed by atoms with van der Waals surface area (Å²) in [5.41, 5.74) is 1.02. The first-order chi connectivity index (χ1) is 10.0. The monoisotopic (exact) mass is 307 g/mol. The van der Waals surface area contributed by atoms with Crippen molar-refractivity contribution in [2.45, 2.75) is 26.4 Å². The summed E-state index contributed by atoms with van der Waals surface area (Å²) in [4.78, 5) is 18.5. The number of ether oxygens (including phenoxy) is 1. The van der Waals surface area contributed by atoms with Crippen LogP contribution in [0.25, 0.3) is 0 Å². The average Bonchev–Trinajstić information content (AvgIpc) is 2.44. The smallest absolute Gasteiger partial charge is 0.322 e. The van der Waals surface area contributed by atoms with Gasteiger partial charge in [-0.2, -0.15) is 15.0 Å². The van der Waals surface area contributed by atoms with Gasteiger partial charge in [0, 0.05) is 31.9 Å². The van der Waals surface area contributed by atoms with Gasteiger partial charge < -0.3 is 9.64 Å². The molecule has 0 bridgehead atoms. The van der Waals surface area contributed by atoms with E-state index in [1.165, 1.54) is 0 Å². The fraction of sp³-hybridized carbons (Fsp3) is 0.429. The zero-order chi connectivity index (χ0) is 15.2. The van der Waals surface area contributed by atoms with Gasteiger partial charge in [-0.3, -0.25) is 4.98 Å². The number of likely N-dealkylation sites (N-methyl/N-ethyl adjacent to an activating group) is 1. The summed E-state index contributed by atoms with van der Waals surface area (Å²) < 4.78 is 5.46. The molecule has 112 valence electrons. The van der Waals surface area contributed by atoms with Crippen LogP contribution in [0.1, 0.15) is 19.5 Å². The molecule has 2 heterocycles. The van der Waals surface area contributed by atoms with Crippen LogP contribution in [0, 0.1) is 0 Å². The van der Waals surface area contributed by atoms with Gasteiger partial charge in [0.1, 0.15) is 0 Å². The van der Waals surface area contributed by atoms with Crippen molar-refractivity contribution in [1.82, 2.24) is 19.9 Å².